The Bertz CT molecular complexity index is 1030. The molecule has 0 N–H and O–H groups in total. The van der Waals surface area contributed by atoms with Crippen molar-refractivity contribution < 1.29 is 9.53 Å². The van der Waals surface area contributed by atoms with Crippen molar-refractivity contribution in [1.82, 2.24) is 14.5 Å². The molecule has 4 rings (SSSR count). The summed E-state index contributed by atoms with van der Waals surface area (Å²) in [5.41, 5.74) is 5.57. The standard InChI is InChI=1S/C20H20BrN3O2/c1-4-17-23-18-11(2)9-15(20(25)26-3)22-19(18)24(17)16-8-5-12-10-13(21)6-7-14(12)16/h6-7,9-10,16H,4-5,8H2,1-3H3. The molecule has 1 aliphatic carbocycles. The molecule has 0 saturated carbocycles. The molecule has 2 aromatic heterocycles. The summed E-state index contributed by atoms with van der Waals surface area (Å²) in [6, 6.07) is 8.40. The van der Waals surface area contributed by atoms with Crippen molar-refractivity contribution in [2.45, 2.75) is 39.2 Å². The number of aromatic nitrogens is 3. The molecule has 0 aliphatic heterocycles. The van der Waals surface area contributed by atoms with Gasteiger partial charge in [-0.25, -0.2) is 14.8 Å². The monoisotopic (exact) mass is 413 g/mol. The number of esters is 1. The van der Waals surface area contributed by atoms with Crippen LogP contribution in [0.25, 0.3) is 11.2 Å². The van der Waals surface area contributed by atoms with E-state index < -0.39 is 5.97 Å². The average Bonchev–Trinajstić information content (AvgIpc) is 3.21. The third kappa shape index (κ3) is 2.63. The van der Waals surface area contributed by atoms with E-state index in [1.807, 2.05) is 6.92 Å². The van der Waals surface area contributed by atoms with Crippen molar-refractivity contribution >= 4 is 33.1 Å². The predicted molar refractivity (Wildman–Crippen MR) is 104 cm³/mol. The van der Waals surface area contributed by atoms with Gasteiger partial charge in [-0.1, -0.05) is 28.9 Å². The number of halogens is 1. The number of pyridine rings is 1. The lowest BCUT2D eigenvalue weighted by atomic mass is 10.1. The Morgan fingerprint density at radius 3 is 2.88 bits per heavy atom. The molecule has 6 heteroatoms. The summed E-state index contributed by atoms with van der Waals surface area (Å²) in [6.07, 6.45) is 2.84. The molecule has 2 heterocycles. The molecule has 0 spiro atoms. The second-order valence-corrected chi connectivity index (χ2v) is 7.55. The van der Waals surface area contributed by atoms with Crippen molar-refractivity contribution in [2.24, 2.45) is 0 Å². The van der Waals surface area contributed by atoms with Gasteiger partial charge in [-0.3, -0.25) is 0 Å². The highest BCUT2D eigenvalue weighted by molar-refractivity contribution is 9.10. The number of ether oxygens (including phenoxy) is 1. The van der Waals surface area contributed by atoms with Crippen molar-refractivity contribution in [2.75, 3.05) is 7.11 Å². The Kier molecular flexibility index (Phi) is 4.31. The largest absolute Gasteiger partial charge is 0.464 e. The summed E-state index contributed by atoms with van der Waals surface area (Å²) in [5, 5.41) is 0. The van der Waals surface area contributed by atoms with Crippen molar-refractivity contribution in [1.29, 1.82) is 0 Å². The van der Waals surface area contributed by atoms with Crippen molar-refractivity contribution in [3.05, 3.63) is 56.9 Å². The highest BCUT2D eigenvalue weighted by atomic mass is 79.9. The summed E-state index contributed by atoms with van der Waals surface area (Å²) in [6.45, 7) is 4.07. The number of nitrogens with zero attached hydrogens (tertiary/aromatic N) is 3. The molecule has 5 nitrogen and oxygen atoms in total. The van der Waals surface area contributed by atoms with E-state index in [0.29, 0.717) is 5.69 Å². The second-order valence-electron chi connectivity index (χ2n) is 6.64. The van der Waals surface area contributed by atoms with Crippen LogP contribution < -0.4 is 0 Å². The Morgan fingerprint density at radius 1 is 1.35 bits per heavy atom. The number of hydrogen-bond acceptors (Lipinski definition) is 4. The molecular formula is C20H20BrN3O2. The van der Waals surface area contributed by atoms with Gasteiger partial charge >= 0.3 is 5.97 Å². The average molecular weight is 414 g/mol. The van der Waals surface area contributed by atoms with E-state index in [-0.39, 0.29) is 6.04 Å². The first kappa shape index (κ1) is 17.2. The third-order valence-corrected chi connectivity index (χ3v) is 5.58. The number of carbonyl (C=O) groups excluding carboxylic acids is 1. The van der Waals surface area contributed by atoms with Gasteiger partial charge in [0.25, 0.3) is 0 Å². The molecule has 1 unspecified atom stereocenters. The molecular weight excluding hydrogens is 394 g/mol. The van der Waals surface area contributed by atoms with E-state index in [0.717, 1.165) is 46.3 Å². The summed E-state index contributed by atoms with van der Waals surface area (Å²) < 4.78 is 8.19. The molecule has 0 fully saturated rings. The van der Waals surface area contributed by atoms with Crippen molar-refractivity contribution in [3.63, 3.8) is 0 Å². The minimum atomic E-state index is -0.420. The van der Waals surface area contributed by atoms with Crippen LogP contribution in [0.5, 0.6) is 0 Å². The minimum Gasteiger partial charge on any atom is -0.464 e. The second kappa shape index (κ2) is 6.50. The van der Waals surface area contributed by atoms with Crippen LogP contribution in [0.1, 0.15) is 52.4 Å². The third-order valence-electron chi connectivity index (χ3n) is 5.09. The van der Waals surface area contributed by atoms with Gasteiger partial charge in [0.2, 0.25) is 0 Å². The van der Waals surface area contributed by atoms with E-state index in [1.165, 1.54) is 18.2 Å². The van der Waals surface area contributed by atoms with E-state index >= 15 is 0 Å². The lowest BCUT2D eigenvalue weighted by Crippen LogP contribution is -2.13. The van der Waals surface area contributed by atoms with Crippen LogP contribution in [0.3, 0.4) is 0 Å². The van der Waals surface area contributed by atoms with Crippen LogP contribution >= 0.6 is 15.9 Å². The van der Waals surface area contributed by atoms with Crippen LogP contribution in [0.2, 0.25) is 0 Å². The number of fused-ring (bicyclic) bond motifs is 2. The number of methoxy groups -OCH3 is 1. The predicted octanol–water partition coefficient (Wildman–Crippen LogP) is 4.39. The first-order valence-electron chi connectivity index (χ1n) is 8.78. The molecule has 0 saturated heterocycles. The van der Waals surface area contributed by atoms with Gasteiger partial charge in [0.1, 0.15) is 11.3 Å². The molecule has 1 atom stereocenters. The Morgan fingerprint density at radius 2 is 2.15 bits per heavy atom. The van der Waals surface area contributed by atoms with Gasteiger partial charge < -0.3 is 9.30 Å². The van der Waals surface area contributed by atoms with Crippen molar-refractivity contribution in [3.8, 4) is 0 Å². The first-order chi connectivity index (χ1) is 12.5. The quantitative estimate of drug-likeness (QED) is 0.597. The maximum Gasteiger partial charge on any atom is 0.356 e. The fourth-order valence-corrected chi connectivity index (χ4v) is 4.29. The number of carbonyl (C=O) groups is 1. The molecule has 1 aliphatic rings. The number of hydrogen-bond donors (Lipinski definition) is 0. The molecule has 26 heavy (non-hydrogen) atoms. The van der Waals surface area contributed by atoms with Gasteiger partial charge in [-0.15, -0.1) is 0 Å². The lowest BCUT2D eigenvalue weighted by molar-refractivity contribution is 0.0594. The smallest absolute Gasteiger partial charge is 0.356 e. The van der Waals surface area contributed by atoms with Crippen LogP contribution in [-0.2, 0) is 17.6 Å². The summed E-state index contributed by atoms with van der Waals surface area (Å²) in [7, 11) is 1.38. The first-order valence-corrected chi connectivity index (χ1v) is 9.57. The molecule has 0 amide bonds. The molecule has 1 aromatic carbocycles. The van der Waals surface area contributed by atoms with Gasteiger partial charge in [0.05, 0.1) is 13.2 Å². The number of imidazole rings is 1. The molecule has 3 aromatic rings. The molecule has 0 bridgehead atoms. The van der Waals surface area contributed by atoms with Gasteiger partial charge in [0, 0.05) is 10.9 Å². The van der Waals surface area contributed by atoms with Crippen LogP contribution in [0, 0.1) is 6.92 Å². The zero-order valence-corrected chi connectivity index (χ0v) is 16.6. The van der Waals surface area contributed by atoms with Crippen LogP contribution in [0.4, 0.5) is 0 Å². The highest BCUT2D eigenvalue weighted by Gasteiger charge is 2.29. The molecule has 134 valence electrons. The van der Waals surface area contributed by atoms with E-state index in [1.54, 1.807) is 6.07 Å². The Labute approximate surface area is 160 Å². The zero-order valence-electron chi connectivity index (χ0n) is 15.0. The Hall–Kier alpha value is -2.21. The summed E-state index contributed by atoms with van der Waals surface area (Å²) >= 11 is 3.56. The van der Waals surface area contributed by atoms with Crippen LogP contribution in [-0.4, -0.2) is 27.6 Å². The van der Waals surface area contributed by atoms with Crippen LogP contribution in [0.15, 0.2) is 28.7 Å². The summed E-state index contributed by atoms with van der Waals surface area (Å²) in [4.78, 5) is 21.5. The maximum atomic E-state index is 12.0. The number of benzene rings is 1. The fourth-order valence-electron chi connectivity index (χ4n) is 3.88. The molecule has 0 radical (unpaired) electrons. The van der Waals surface area contributed by atoms with Gasteiger partial charge in [0.15, 0.2) is 11.3 Å². The highest BCUT2D eigenvalue weighted by Crippen LogP contribution is 2.38. The topological polar surface area (TPSA) is 57.0 Å². The maximum absolute atomic E-state index is 12.0. The lowest BCUT2D eigenvalue weighted by Gasteiger charge is -2.17. The van der Waals surface area contributed by atoms with E-state index in [2.05, 4.69) is 50.6 Å². The minimum absolute atomic E-state index is 0.192. The number of rotatable bonds is 3. The van der Waals surface area contributed by atoms with E-state index in [9.17, 15) is 4.79 Å². The number of aryl methyl sites for hydroxylation is 3. The normalized spacial score (nSPS) is 16.1. The fraction of sp³-hybridized carbons (Fsp3) is 0.350. The van der Waals surface area contributed by atoms with Gasteiger partial charge in [-0.05, 0) is 54.7 Å². The van der Waals surface area contributed by atoms with Gasteiger partial charge in [-0.2, -0.15) is 0 Å². The van der Waals surface area contributed by atoms with E-state index in [4.69, 9.17) is 9.72 Å². The zero-order chi connectivity index (χ0) is 18.4. The summed E-state index contributed by atoms with van der Waals surface area (Å²) in [5.74, 6) is 0.579. The SMILES string of the molecule is CCc1nc2c(C)cc(C(=O)OC)nc2n1C1CCc2cc(Br)ccc21. The Balaban J connectivity index is 1.95.